The first-order valence-electron chi connectivity index (χ1n) is 10.3. The number of hydrogen-bond acceptors (Lipinski definition) is 4. The van der Waals surface area contributed by atoms with E-state index < -0.39 is 0 Å². The highest BCUT2D eigenvalue weighted by Gasteiger charge is 2.18. The van der Waals surface area contributed by atoms with E-state index in [9.17, 15) is 9.59 Å². The second-order valence-corrected chi connectivity index (χ2v) is 7.01. The normalized spacial score (nSPS) is 12.0. The van der Waals surface area contributed by atoms with Gasteiger partial charge < -0.3 is 9.47 Å². The van der Waals surface area contributed by atoms with Crippen LogP contribution in [0.1, 0.15) is 103 Å². The maximum Gasteiger partial charge on any atom is 0.308 e. The predicted molar refractivity (Wildman–Crippen MR) is 102 cm³/mol. The third-order valence-corrected chi connectivity index (χ3v) is 4.85. The van der Waals surface area contributed by atoms with E-state index in [1.54, 1.807) is 0 Å². The van der Waals surface area contributed by atoms with Crippen LogP contribution in [0.3, 0.4) is 0 Å². The first kappa shape index (κ1) is 23.9. The summed E-state index contributed by atoms with van der Waals surface area (Å²) in [6.45, 7) is 2.25. The average molecular weight is 357 g/mol. The molecule has 0 radical (unpaired) electrons. The number of methoxy groups -OCH3 is 2. The molecule has 0 amide bonds. The van der Waals surface area contributed by atoms with Crippen LogP contribution in [0.2, 0.25) is 0 Å². The van der Waals surface area contributed by atoms with E-state index >= 15 is 0 Å². The minimum atomic E-state index is -0.154. The second-order valence-electron chi connectivity index (χ2n) is 7.01. The minimum absolute atomic E-state index is 0.0210. The Kier molecular flexibility index (Phi) is 17.0. The first-order valence-corrected chi connectivity index (χ1v) is 10.3. The smallest absolute Gasteiger partial charge is 0.308 e. The molecule has 0 rings (SSSR count). The van der Waals surface area contributed by atoms with E-state index in [4.69, 9.17) is 4.74 Å². The molecule has 0 aromatic rings. The molecular weight excluding hydrogens is 316 g/mol. The van der Waals surface area contributed by atoms with Gasteiger partial charge in [0.25, 0.3) is 0 Å². The zero-order chi connectivity index (χ0) is 18.8. The molecule has 0 spiro atoms. The van der Waals surface area contributed by atoms with E-state index in [1.165, 1.54) is 65.6 Å². The molecule has 0 heterocycles. The molecule has 148 valence electrons. The van der Waals surface area contributed by atoms with Crippen LogP contribution in [0.25, 0.3) is 0 Å². The quantitative estimate of drug-likeness (QED) is 0.243. The summed E-state index contributed by atoms with van der Waals surface area (Å²) in [5.74, 6) is -0.209. The Labute approximate surface area is 155 Å². The van der Waals surface area contributed by atoms with Crippen molar-refractivity contribution in [3.05, 3.63) is 0 Å². The van der Waals surface area contributed by atoms with Crippen molar-refractivity contribution in [2.45, 2.75) is 103 Å². The molecule has 0 saturated carbocycles. The number of rotatable bonds is 17. The van der Waals surface area contributed by atoms with E-state index in [-0.39, 0.29) is 17.9 Å². The van der Waals surface area contributed by atoms with Gasteiger partial charge in [-0.3, -0.25) is 9.59 Å². The topological polar surface area (TPSA) is 52.6 Å². The van der Waals surface area contributed by atoms with Gasteiger partial charge in [0.2, 0.25) is 0 Å². The third-order valence-electron chi connectivity index (χ3n) is 4.85. The zero-order valence-electron chi connectivity index (χ0n) is 16.8. The lowest BCUT2D eigenvalue weighted by atomic mass is 9.94. The summed E-state index contributed by atoms with van der Waals surface area (Å²) < 4.78 is 9.58. The lowest BCUT2D eigenvalue weighted by Crippen LogP contribution is -2.16. The lowest BCUT2D eigenvalue weighted by molar-refractivity contribution is -0.146. The standard InChI is InChI=1S/C21H40O4/c1-4-5-6-7-8-9-10-11-13-16-19(21(23)25-3)17-14-12-15-18-20(22)24-2/h19H,4-18H2,1-3H3. The average Bonchev–Trinajstić information content (AvgIpc) is 2.63. The third kappa shape index (κ3) is 14.9. The Morgan fingerprint density at radius 2 is 1.16 bits per heavy atom. The van der Waals surface area contributed by atoms with Gasteiger partial charge in [-0.05, 0) is 19.3 Å². The van der Waals surface area contributed by atoms with Gasteiger partial charge in [0.1, 0.15) is 0 Å². The Bertz CT molecular complexity index is 328. The molecule has 1 atom stereocenters. The van der Waals surface area contributed by atoms with Crippen LogP contribution in [-0.2, 0) is 19.1 Å². The van der Waals surface area contributed by atoms with Crippen molar-refractivity contribution >= 4 is 11.9 Å². The number of hydrogen-bond donors (Lipinski definition) is 0. The molecule has 0 saturated heterocycles. The molecule has 0 aromatic carbocycles. The summed E-state index contributed by atoms with van der Waals surface area (Å²) in [7, 11) is 2.89. The fourth-order valence-electron chi connectivity index (χ4n) is 3.19. The van der Waals surface area contributed by atoms with Crippen LogP contribution in [-0.4, -0.2) is 26.2 Å². The monoisotopic (exact) mass is 356 g/mol. The molecule has 0 aromatic heterocycles. The molecule has 0 aliphatic rings. The number of carbonyl (C=O) groups is 2. The van der Waals surface area contributed by atoms with Gasteiger partial charge in [-0.2, -0.15) is 0 Å². The van der Waals surface area contributed by atoms with E-state index in [0.29, 0.717) is 6.42 Å². The van der Waals surface area contributed by atoms with Crippen molar-refractivity contribution in [1.29, 1.82) is 0 Å². The molecule has 0 aliphatic heterocycles. The van der Waals surface area contributed by atoms with Crippen molar-refractivity contribution in [3.8, 4) is 0 Å². The fourth-order valence-corrected chi connectivity index (χ4v) is 3.19. The molecule has 0 aliphatic carbocycles. The Balaban J connectivity index is 3.71. The van der Waals surface area contributed by atoms with Gasteiger partial charge in [0, 0.05) is 6.42 Å². The second kappa shape index (κ2) is 17.8. The molecule has 0 N–H and O–H groups in total. The van der Waals surface area contributed by atoms with Gasteiger partial charge in [0.15, 0.2) is 0 Å². The Morgan fingerprint density at radius 1 is 0.680 bits per heavy atom. The molecule has 4 nitrogen and oxygen atoms in total. The first-order chi connectivity index (χ1) is 12.2. The highest BCUT2D eigenvalue weighted by Crippen LogP contribution is 2.20. The maximum atomic E-state index is 11.9. The van der Waals surface area contributed by atoms with Crippen molar-refractivity contribution in [2.24, 2.45) is 5.92 Å². The van der Waals surface area contributed by atoms with Gasteiger partial charge in [-0.15, -0.1) is 0 Å². The zero-order valence-corrected chi connectivity index (χ0v) is 16.8. The number of carbonyl (C=O) groups excluding carboxylic acids is 2. The van der Waals surface area contributed by atoms with Gasteiger partial charge in [-0.1, -0.05) is 77.6 Å². The van der Waals surface area contributed by atoms with Crippen LogP contribution >= 0.6 is 0 Å². The Morgan fingerprint density at radius 3 is 1.64 bits per heavy atom. The van der Waals surface area contributed by atoms with Crippen molar-refractivity contribution in [1.82, 2.24) is 0 Å². The fraction of sp³-hybridized carbons (Fsp3) is 0.905. The van der Waals surface area contributed by atoms with E-state index in [0.717, 1.165) is 38.5 Å². The van der Waals surface area contributed by atoms with Crippen LogP contribution in [0.5, 0.6) is 0 Å². The number of ether oxygens (including phenoxy) is 2. The lowest BCUT2D eigenvalue weighted by Gasteiger charge is -2.14. The van der Waals surface area contributed by atoms with Crippen LogP contribution in [0.4, 0.5) is 0 Å². The molecule has 0 fully saturated rings. The van der Waals surface area contributed by atoms with Gasteiger partial charge >= 0.3 is 11.9 Å². The highest BCUT2D eigenvalue weighted by atomic mass is 16.5. The largest absolute Gasteiger partial charge is 0.469 e. The highest BCUT2D eigenvalue weighted by molar-refractivity contribution is 5.72. The van der Waals surface area contributed by atoms with E-state index in [2.05, 4.69) is 11.7 Å². The predicted octanol–water partition coefficient (Wildman–Crippen LogP) is 5.82. The van der Waals surface area contributed by atoms with Crippen LogP contribution in [0, 0.1) is 5.92 Å². The van der Waals surface area contributed by atoms with Crippen LogP contribution in [0.15, 0.2) is 0 Å². The van der Waals surface area contributed by atoms with Crippen molar-refractivity contribution in [3.63, 3.8) is 0 Å². The van der Waals surface area contributed by atoms with Gasteiger partial charge in [0.05, 0.1) is 20.1 Å². The molecular formula is C21H40O4. The van der Waals surface area contributed by atoms with Crippen molar-refractivity contribution in [2.75, 3.05) is 14.2 Å². The summed E-state index contributed by atoms with van der Waals surface area (Å²) in [6.07, 6.45) is 16.7. The summed E-state index contributed by atoms with van der Waals surface area (Å²) in [5, 5.41) is 0. The van der Waals surface area contributed by atoms with Gasteiger partial charge in [-0.25, -0.2) is 0 Å². The summed E-state index contributed by atoms with van der Waals surface area (Å²) in [6, 6.07) is 0. The van der Waals surface area contributed by atoms with E-state index in [1.807, 2.05) is 0 Å². The molecule has 4 heteroatoms. The van der Waals surface area contributed by atoms with Crippen LogP contribution < -0.4 is 0 Å². The number of esters is 2. The number of unbranched alkanes of at least 4 members (excludes halogenated alkanes) is 10. The SMILES string of the molecule is CCCCCCCCCCCC(CCCCCC(=O)OC)C(=O)OC. The molecule has 0 bridgehead atoms. The summed E-state index contributed by atoms with van der Waals surface area (Å²) in [4.78, 5) is 23.0. The molecule has 1 unspecified atom stereocenters. The Hall–Kier alpha value is -1.06. The summed E-state index contributed by atoms with van der Waals surface area (Å²) in [5.41, 5.74) is 0. The minimum Gasteiger partial charge on any atom is -0.469 e. The van der Waals surface area contributed by atoms with Crippen molar-refractivity contribution < 1.29 is 19.1 Å². The summed E-state index contributed by atoms with van der Waals surface area (Å²) >= 11 is 0. The molecule has 25 heavy (non-hydrogen) atoms. The maximum absolute atomic E-state index is 11.9.